The van der Waals surface area contributed by atoms with Crippen molar-refractivity contribution in [3.63, 3.8) is 0 Å². The molecular weight excluding hydrogens is 495 g/mol. The summed E-state index contributed by atoms with van der Waals surface area (Å²) in [4.78, 5) is 35.1. The Morgan fingerprint density at radius 3 is 2.37 bits per heavy atom. The second-order valence-electron chi connectivity index (χ2n) is 7.51. The highest BCUT2D eigenvalue weighted by Gasteiger charge is 2.22. The lowest BCUT2D eigenvalue weighted by Gasteiger charge is -2.29. The molecule has 0 radical (unpaired) electrons. The summed E-state index contributed by atoms with van der Waals surface area (Å²) in [5.74, 6) is -0.395. The number of nitrogens with one attached hydrogen (secondary N) is 2. The SMILES string of the molecule is CSc1c(Cl)nc(-c2ccc(NC(=O)Nc3ccc(C(N)=O)cc3)cc2F)nc1N1CCOCC1. The molecule has 12 heteroatoms. The minimum absolute atomic E-state index is 0.150. The lowest BCUT2D eigenvalue weighted by molar-refractivity contribution is 0.1000. The van der Waals surface area contributed by atoms with E-state index in [0.29, 0.717) is 43.4 Å². The van der Waals surface area contributed by atoms with Crippen LogP contribution in [0, 0.1) is 5.82 Å². The molecule has 2 aromatic carbocycles. The van der Waals surface area contributed by atoms with E-state index in [0.717, 1.165) is 4.90 Å². The molecule has 0 saturated carbocycles. The summed E-state index contributed by atoms with van der Waals surface area (Å²) in [7, 11) is 0. The molecule has 1 fully saturated rings. The van der Waals surface area contributed by atoms with Gasteiger partial charge in [0.1, 0.15) is 16.8 Å². The number of amides is 3. The number of urea groups is 1. The van der Waals surface area contributed by atoms with E-state index < -0.39 is 17.8 Å². The normalized spacial score (nSPS) is 13.4. The van der Waals surface area contributed by atoms with Crippen molar-refractivity contribution in [3.8, 4) is 11.4 Å². The van der Waals surface area contributed by atoms with Gasteiger partial charge in [-0.25, -0.2) is 19.2 Å². The Balaban J connectivity index is 1.52. The van der Waals surface area contributed by atoms with E-state index in [4.69, 9.17) is 22.1 Å². The van der Waals surface area contributed by atoms with E-state index in [2.05, 4.69) is 20.6 Å². The fourth-order valence-corrected chi connectivity index (χ4v) is 4.45. The second-order valence-corrected chi connectivity index (χ2v) is 8.68. The molecule has 2 heterocycles. The molecule has 0 unspecified atom stereocenters. The lowest BCUT2D eigenvalue weighted by atomic mass is 10.1. The molecule has 3 aromatic rings. The van der Waals surface area contributed by atoms with Crippen LogP contribution in [0.1, 0.15) is 10.4 Å². The maximum atomic E-state index is 15.0. The lowest BCUT2D eigenvalue weighted by Crippen LogP contribution is -2.37. The first-order chi connectivity index (χ1) is 16.9. The van der Waals surface area contributed by atoms with E-state index in [1.54, 1.807) is 6.07 Å². The van der Waals surface area contributed by atoms with Crippen LogP contribution in [0.2, 0.25) is 5.15 Å². The molecule has 1 aliphatic heterocycles. The van der Waals surface area contributed by atoms with Crippen LogP contribution < -0.4 is 21.3 Å². The van der Waals surface area contributed by atoms with Crippen LogP contribution in [-0.4, -0.2) is 54.5 Å². The number of thioether (sulfide) groups is 1. The van der Waals surface area contributed by atoms with Gasteiger partial charge in [-0.3, -0.25) is 4.79 Å². The minimum Gasteiger partial charge on any atom is -0.378 e. The number of nitrogens with zero attached hydrogens (tertiary/aromatic N) is 3. The van der Waals surface area contributed by atoms with E-state index >= 15 is 4.39 Å². The van der Waals surface area contributed by atoms with Crippen molar-refractivity contribution >= 4 is 52.5 Å². The number of carbonyl (C=O) groups is 2. The van der Waals surface area contributed by atoms with E-state index in [9.17, 15) is 9.59 Å². The zero-order valence-electron chi connectivity index (χ0n) is 18.7. The maximum Gasteiger partial charge on any atom is 0.323 e. The molecule has 3 amide bonds. The van der Waals surface area contributed by atoms with Crippen molar-refractivity contribution in [2.24, 2.45) is 5.73 Å². The number of hydrogen-bond acceptors (Lipinski definition) is 7. The molecule has 1 aromatic heterocycles. The van der Waals surface area contributed by atoms with Crippen molar-refractivity contribution in [1.82, 2.24) is 9.97 Å². The topological polar surface area (TPSA) is 122 Å². The summed E-state index contributed by atoms with van der Waals surface area (Å²) < 4.78 is 20.5. The molecule has 4 rings (SSSR count). The number of rotatable bonds is 6. The van der Waals surface area contributed by atoms with Crippen LogP contribution in [0.25, 0.3) is 11.4 Å². The fourth-order valence-electron chi connectivity index (χ4n) is 3.48. The van der Waals surface area contributed by atoms with Crippen molar-refractivity contribution in [3.05, 3.63) is 59.0 Å². The number of hydrogen-bond donors (Lipinski definition) is 3. The quantitative estimate of drug-likeness (QED) is 0.331. The predicted octanol–water partition coefficient (Wildman–Crippen LogP) is 4.24. The van der Waals surface area contributed by atoms with Crippen LogP contribution in [0.5, 0.6) is 0 Å². The molecule has 0 aliphatic carbocycles. The zero-order chi connectivity index (χ0) is 24.9. The first kappa shape index (κ1) is 24.7. The van der Waals surface area contributed by atoms with Gasteiger partial charge < -0.3 is 26.0 Å². The Bertz CT molecular complexity index is 1250. The summed E-state index contributed by atoms with van der Waals surface area (Å²) >= 11 is 7.84. The van der Waals surface area contributed by atoms with Crippen LogP contribution in [0.15, 0.2) is 47.4 Å². The van der Waals surface area contributed by atoms with Gasteiger partial charge in [0.05, 0.1) is 23.7 Å². The van der Waals surface area contributed by atoms with E-state index in [1.807, 2.05) is 11.2 Å². The highest BCUT2D eigenvalue weighted by atomic mass is 35.5. The Labute approximate surface area is 210 Å². The Morgan fingerprint density at radius 1 is 1.09 bits per heavy atom. The maximum absolute atomic E-state index is 15.0. The van der Waals surface area contributed by atoms with Gasteiger partial charge in [0, 0.05) is 30.0 Å². The number of anilines is 3. The average Bonchev–Trinajstić information content (AvgIpc) is 2.84. The first-order valence-corrected chi connectivity index (χ1v) is 12.2. The van der Waals surface area contributed by atoms with Gasteiger partial charge in [-0.1, -0.05) is 11.6 Å². The van der Waals surface area contributed by atoms with Crippen molar-refractivity contribution in [1.29, 1.82) is 0 Å². The number of ether oxygens (including phenoxy) is 1. The standard InChI is InChI=1S/C23H22ClFN6O3S/c1-35-18-19(24)29-21(30-22(18)31-8-10-34-11-9-31)16-7-6-15(12-17(16)25)28-23(33)27-14-4-2-13(3-5-14)20(26)32/h2-7,12H,8-11H2,1H3,(H2,26,32)(H2,27,28,33). The largest absolute Gasteiger partial charge is 0.378 e. The number of aromatic nitrogens is 2. The van der Waals surface area contributed by atoms with Gasteiger partial charge in [0.15, 0.2) is 5.82 Å². The molecular formula is C23H22ClFN6O3S. The third-order valence-corrected chi connectivity index (χ3v) is 6.39. The van der Waals surface area contributed by atoms with E-state index in [1.165, 1.54) is 48.2 Å². The number of benzene rings is 2. The molecule has 35 heavy (non-hydrogen) atoms. The summed E-state index contributed by atoms with van der Waals surface area (Å²) in [6.07, 6.45) is 1.88. The van der Waals surface area contributed by atoms with Crippen molar-refractivity contribution < 1.29 is 18.7 Å². The second kappa shape index (κ2) is 10.9. The average molecular weight is 517 g/mol. The van der Waals surface area contributed by atoms with Gasteiger partial charge >= 0.3 is 6.03 Å². The molecule has 0 bridgehead atoms. The predicted molar refractivity (Wildman–Crippen MR) is 135 cm³/mol. The van der Waals surface area contributed by atoms with Gasteiger partial charge in [-0.05, 0) is 48.7 Å². The van der Waals surface area contributed by atoms with Crippen LogP contribution >= 0.6 is 23.4 Å². The van der Waals surface area contributed by atoms with E-state index in [-0.39, 0.29) is 22.2 Å². The third kappa shape index (κ3) is 5.81. The summed E-state index contributed by atoms with van der Waals surface area (Å²) in [5.41, 5.74) is 6.35. The summed E-state index contributed by atoms with van der Waals surface area (Å²) in [5, 5.41) is 5.41. The number of primary amides is 1. The van der Waals surface area contributed by atoms with Crippen LogP contribution in [-0.2, 0) is 4.74 Å². The molecule has 1 saturated heterocycles. The number of nitrogens with two attached hydrogens (primary N) is 1. The van der Waals surface area contributed by atoms with Gasteiger partial charge in [-0.2, -0.15) is 0 Å². The van der Waals surface area contributed by atoms with Crippen molar-refractivity contribution in [2.75, 3.05) is 48.1 Å². The highest BCUT2D eigenvalue weighted by Crippen LogP contribution is 2.35. The fraction of sp³-hybridized carbons (Fsp3) is 0.217. The molecule has 4 N–H and O–H groups in total. The Morgan fingerprint density at radius 2 is 1.74 bits per heavy atom. The molecule has 182 valence electrons. The van der Waals surface area contributed by atoms with Gasteiger partial charge in [0.2, 0.25) is 5.91 Å². The van der Waals surface area contributed by atoms with Gasteiger partial charge in [0.25, 0.3) is 0 Å². The van der Waals surface area contributed by atoms with Crippen molar-refractivity contribution in [2.45, 2.75) is 4.90 Å². The Kier molecular flexibility index (Phi) is 7.69. The van der Waals surface area contributed by atoms with Crippen LogP contribution in [0.4, 0.5) is 26.4 Å². The number of morpholine rings is 1. The first-order valence-electron chi connectivity index (χ1n) is 10.6. The number of carbonyl (C=O) groups excluding carboxylic acids is 2. The number of halogens is 2. The highest BCUT2D eigenvalue weighted by molar-refractivity contribution is 7.98. The molecule has 0 atom stereocenters. The summed E-state index contributed by atoms with van der Waals surface area (Å²) in [6.45, 7) is 2.42. The summed E-state index contributed by atoms with van der Waals surface area (Å²) in [6, 6.07) is 9.68. The molecule has 1 aliphatic rings. The third-order valence-electron chi connectivity index (χ3n) is 5.22. The van der Waals surface area contributed by atoms with Crippen LogP contribution in [0.3, 0.4) is 0 Å². The smallest absolute Gasteiger partial charge is 0.323 e. The molecule has 9 nitrogen and oxygen atoms in total. The monoisotopic (exact) mass is 516 g/mol. The zero-order valence-corrected chi connectivity index (χ0v) is 20.3. The Hall–Kier alpha value is -3.41. The molecule has 0 spiro atoms. The van der Waals surface area contributed by atoms with Gasteiger partial charge in [-0.15, -0.1) is 11.8 Å². The minimum atomic E-state index is -0.616.